The maximum atomic E-state index is 13.3. The van der Waals surface area contributed by atoms with Crippen LogP contribution in [0.1, 0.15) is 36.2 Å². The van der Waals surface area contributed by atoms with Crippen LogP contribution in [0.15, 0.2) is 58.1 Å². The zero-order chi connectivity index (χ0) is 15.5. The van der Waals surface area contributed by atoms with Crippen LogP contribution in [0, 0.1) is 5.82 Å². The molecular weight excluding hydrogens is 359 g/mol. The van der Waals surface area contributed by atoms with Gasteiger partial charge in [0.2, 0.25) is 0 Å². The molecule has 5 heteroatoms. The molecule has 0 saturated carbocycles. The molecule has 1 aliphatic heterocycles. The zero-order valence-corrected chi connectivity index (χ0v) is 13.4. The molecule has 2 aromatic rings. The van der Waals surface area contributed by atoms with Gasteiger partial charge in [-0.25, -0.2) is 9.40 Å². The van der Waals surface area contributed by atoms with Crippen LogP contribution in [0.3, 0.4) is 0 Å². The van der Waals surface area contributed by atoms with Crippen LogP contribution in [-0.2, 0) is 0 Å². The number of carbonyl (C=O) groups excluding carboxylic acids is 1. The number of nitrogens with zero attached hydrogens (tertiary/aromatic N) is 2. The first kappa shape index (κ1) is 17.3. The van der Waals surface area contributed by atoms with Crippen molar-refractivity contribution in [2.24, 2.45) is 5.10 Å². The van der Waals surface area contributed by atoms with Crippen molar-refractivity contribution in [3.8, 4) is 0 Å². The van der Waals surface area contributed by atoms with Gasteiger partial charge in [-0.05, 0) is 52.5 Å². The van der Waals surface area contributed by atoms with Crippen molar-refractivity contribution in [3.05, 3.63) is 69.9 Å². The highest BCUT2D eigenvalue weighted by Gasteiger charge is 2.21. The smallest absolute Gasteiger partial charge is 0.267 e. The summed E-state index contributed by atoms with van der Waals surface area (Å²) >= 11 is 3.11. The second-order valence-electron chi connectivity index (χ2n) is 5.07. The van der Waals surface area contributed by atoms with Crippen LogP contribution < -0.4 is 0 Å². The Balaban J connectivity index is 0.00000192. The number of benzene rings is 2. The molecule has 0 aliphatic carbocycles. The molecule has 0 bridgehead atoms. The summed E-state index contributed by atoms with van der Waals surface area (Å²) in [7, 11) is 0. The van der Waals surface area contributed by atoms with E-state index in [1.54, 1.807) is 0 Å². The van der Waals surface area contributed by atoms with E-state index >= 15 is 0 Å². The molecule has 0 unspecified atom stereocenters. The van der Waals surface area contributed by atoms with Crippen molar-refractivity contribution in [3.63, 3.8) is 0 Å². The van der Waals surface area contributed by atoms with Gasteiger partial charge in [0.15, 0.2) is 0 Å². The fourth-order valence-electron chi connectivity index (χ4n) is 2.40. The Morgan fingerprint density at radius 3 is 2.61 bits per heavy atom. The van der Waals surface area contributed by atoms with E-state index in [-0.39, 0.29) is 23.6 Å². The molecule has 0 aromatic heterocycles. The van der Waals surface area contributed by atoms with Gasteiger partial charge in [-0.1, -0.05) is 37.8 Å². The number of hydrazone groups is 1. The molecule has 0 atom stereocenters. The molecule has 0 spiro atoms. The highest BCUT2D eigenvalue weighted by atomic mass is 79.9. The molecule has 3 rings (SSSR count). The second-order valence-corrected chi connectivity index (χ2v) is 5.93. The average molecular weight is 377 g/mol. The van der Waals surface area contributed by atoms with E-state index in [0.29, 0.717) is 12.1 Å². The largest absolute Gasteiger partial charge is 0.274 e. The SMILES string of the molecule is C.O=C(c1ccc(F)c(Br)c1)N1CCCC(c2ccccc2)=N1. The molecule has 1 amide bonds. The molecule has 2 aromatic carbocycles. The fraction of sp³-hybridized carbons (Fsp3) is 0.222. The summed E-state index contributed by atoms with van der Waals surface area (Å²) in [5.74, 6) is -0.600. The van der Waals surface area contributed by atoms with Crippen LogP contribution in [0.5, 0.6) is 0 Å². The topological polar surface area (TPSA) is 32.7 Å². The summed E-state index contributed by atoms with van der Waals surface area (Å²) in [5.41, 5.74) is 2.35. The lowest BCUT2D eigenvalue weighted by Gasteiger charge is -2.24. The van der Waals surface area contributed by atoms with Crippen LogP contribution in [0.4, 0.5) is 4.39 Å². The maximum absolute atomic E-state index is 13.3. The summed E-state index contributed by atoms with van der Waals surface area (Å²) in [6.45, 7) is 0.574. The number of rotatable bonds is 2. The second kappa shape index (κ2) is 7.51. The number of amides is 1. The zero-order valence-electron chi connectivity index (χ0n) is 11.8. The van der Waals surface area contributed by atoms with Crippen molar-refractivity contribution >= 4 is 27.5 Å². The monoisotopic (exact) mass is 376 g/mol. The summed E-state index contributed by atoms with van der Waals surface area (Å²) in [5, 5.41) is 5.94. The number of halogens is 2. The van der Waals surface area contributed by atoms with Crippen molar-refractivity contribution in [2.75, 3.05) is 6.54 Å². The van der Waals surface area contributed by atoms with E-state index in [0.717, 1.165) is 24.1 Å². The average Bonchev–Trinajstić information content (AvgIpc) is 2.57. The molecule has 1 aliphatic rings. The molecular formula is C18H18BrFN2O. The van der Waals surface area contributed by atoms with Crippen molar-refractivity contribution in [1.82, 2.24) is 5.01 Å². The number of hydrogen-bond donors (Lipinski definition) is 0. The van der Waals surface area contributed by atoms with Gasteiger partial charge in [-0.3, -0.25) is 4.79 Å². The van der Waals surface area contributed by atoms with Gasteiger partial charge in [0, 0.05) is 12.1 Å². The van der Waals surface area contributed by atoms with E-state index in [2.05, 4.69) is 21.0 Å². The van der Waals surface area contributed by atoms with Crippen molar-refractivity contribution < 1.29 is 9.18 Å². The Hall–Kier alpha value is -2.01. The van der Waals surface area contributed by atoms with Gasteiger partial charge in [0.1, 0.15) is 5.82 Å². The first-order chi connectivity index (χ1) is 10.6. The van der Waals surface area contributed by atoms with Crippen LogP contribution in [0.25, 0.3) is 0 Å². The van der Waals surface area contributed by atoms with Gasteiger partial charge < -0.3 is 0 Å². The molecule has 23 heavy (non-hydrogen) atoms. The standard InChI is InChI=1S/C17H14BrFN2O.CH4/c18-14-11-13(8-9-15(14)19)17(22)21-10-4-7-16(20-21)12-5-2-1-3-6-12;/h1-3,5-6,8-9,11H,4,7,10H2;1H4. The molecule has 1 heterocycles. The van der Waals surface area contributed by atoms with Gasteiger partial charge in [0.05, 0.1) is 10.2 Å². The first-order valence-electron chi connectivity index (χ1n) is 7.05. The molecule has 0 saturated heterocycles. The maximum Gasteiger partial charge on any atom is 0.274 e. The minimum atomic E-state index is -0.385. The predicted molar refractivity (Wildman–Crippen MR) is 94.1 cm³/mol. The molecule has 0 radical (unpaired) electrons. The van der Waals surface area contributed by atoms with Crippen LogP contribution >= 0.6 is 15.9 Å². The molecule has 3 nitrogen and oxygen atoms in total. The van der Waals surface area contributed by atoms with Crippen molar-refractivity contribution in [2.45, 2.75) is 20.3 Å². The minimum Gasteiger partial charge on any atom is -0.267 e. The molecule has 0 N–H and O–H groups in total. The Morgan fingerprint density at radius 2 is 1.91 bits per heavy atom. The molecule has 120 valence electrons. The van der Waals surface area contributed by atoms with Gasteiger partial charge in [-0.15, -0.1) is 0 Å². The molecule has 0 fully saturated rings. The van der Waals surface area contributed by atoms with E-state index in [1.165, 1.54) is 23.2 Å². The summed E-state index contributed by atoms with van der Waals surface area (Å²) in [4.78, 5) is 12.5. The summed E-state index contributed by atoms with van der Waals surface area (Å²) < 4.78 is 13.6. The van der Waals surface area contributed by atoms with Crippen molar-refractivity contribution in [1.29, 1.82) is 0 Å². The van der Waals surface area contributed by atoms with Gasteiger partial charge in [0.25, 0.3) is 5.91 Å². The van der Waals surface area contributed by atoms with E-state index in [1.807, 2.05) is 30.3 Å². The summed E-state index contributed by atoms with van der Waals surface area (Å²) in [6.07, 6.45) is 1.71. The number of carbonyl (C=O) groups is 1. The van der Waals surface area contributed by atoms with Gasteiger partial charge >= 0.3 is 0 Å². The third kappa shape index (κ3) is 3.85. The Labute approximate surface area is 143 Å². The normalized spacial score (nSPS) is 14.0. The Morgan fingerprint density at radius 1 is 1.17 bits per heavy atom. The number of hydrogen-bond acceptors (Lipinski definition) is 2. The van der Waals surface area contributed by atoms with E-state index < -0.39 is 0 Å². The van der Waals surface area contributed by atoms with Crippen LogP contribution in [-0.4, -0.2) is 23.2 Å². The quantitative estimate of drug-likeness (QED) is 0.735. The van der Waals surface area contributed by atoms with Gasteiger partial charge in [-0.2, -0.15) is 5.10 Å². The predicted octanol–water partition coefficient (Wildman–Crippen LogP) is 4.86. The minimum absolute atomic E-state index is 0. The van der Waals surface area contributed by atoms with Crippen LogP contribution in [0.2, 0.25) is 0 Å². The highest BCUT2D eigenvalue weighted by Crippen LogP contribution is 2.20. The Bertz CT molecular complexity index is 731. The van der Waals surface area contributed by atoms with E-state index in [4.69, 9.17) is 0 Å². The lowest BCUT2D eigenvalue weighted by Crippen LogP contribution is -2.32. The third-order valence-corrected chi connectivity index (χ3v) is 4.14. The van der Waals surface area contributed by atoms with E-state index in [9.17, 15) is 9.18 Å². The lowest BCUT2D eigenvalue weighted by molar-refractivity contribution is 0.0751. The first-order valence-corrected chi connectivity index (χ1v) is 7.84. The Kier molecular flexibility index (Phi) is 5.66. The summed E-state index contributed by atoms with van der Waals surface area (Å²) in [6, 6.07) is 14.1. The highest BCUT2D eigenvalue weighted by molar-refractivity contribution is 9.10. The fourth-order valence-corrected chi connectivity index (χ4v) is 2.78. The third-order valence-electron chi connectivity index (χ3n) is 3.53. The lowest BCUT2D eigenvalue weighted by atomic mass is 10.0.